The van der Waals surface area contributed by atoms with Crippen molar-refractivity contribution in [3.05, 3.63) is 27.8 Å². The molecule has 0 bridgehead atoms. The fourth-order valence-corrected chi connectivity index (χ4v) is 1.40. The van der Waals surface area contributed by atoms with Gasteiger partial charge in [-0.1, -0.05) is 0 Å². The van der Waals surface area contributed by atoms with Gasteiger partial charge in [0.05, 0.1) is 6.61 Å². The van der Waals surface area contributed by atoms with E-state index in [1.54, 1.807) is 6.92 Å². The number of halogens is 1. The number of aliphatic hydroxyl groups is 1. The summed E-state index contributed by atoms with van der Waals surface area (Å²) in [6.07, 6.45) is 0. The average molecular weight is 335 g/mol. The van der Waals surface area contributed by atoms with Crippen LogP contribution in [0.5, 0.6) is 5.75 Å². The summed E-state index contributed by atoms with van der Waals surface area (Å²) in [6, 6.07) is 7.19. The molecule has 4 nitrogen and oxygen atoms in total. The first-order valence-electron chi connectivity index (χ1n) is 4.90. The number of hydrogen-bond donors (Lipinski definition) is 2. The Kier molecular flexibility index (Phi) is 5.54. The van der Waals surface area contributed by atoms with Gasteiger partial charge in [-0.05, 0) is 53.8 Å². The molecule has 0 spiro atoms. The standard InChI is InChI=1S/C11H14INO3/c1-8(6-14)13-11(15)7-16-10-4-2-9(12)3-5-10/h2-5,8,14H,6-7H2,1H3,(H,13,15). The van der Waals surface area contributed by atoms with E-state index in [0.717, 1.165) is 3.57 Å². The third kappa shape index (κ3) is 4.80. The number of ether oxygens (including phenoxy) is 1. The number of benzene rings is 1. The average Bonchev–Trinajstić information content (AvgIpc) is 2.28. The van der Waals surface area contributed by atoms with E-state index in [1.807, 2.05) is 24.3 Å². The Labute approximate surface area is 108 Å². The van der Waals surface area contributed by atoms with Crippen LogP contribution >= 0.6 is 22.6 Å². The summed E-state index contributed by atoms with van der Waals surface area (Å²) in [5.41, 5.74) is 0. The van der Waals surface area contributed by atoms with Gasteiger partial charge in [0.1, 0.15) is 5.75 Å². The smallest absolute Gasteiger partial charge is 0.258 e. The Morgan fingerprint density at radius 3 is 2.69 bits per heavy atom. The Morgan fingerprint density at radius 1 is 1.50 bits per heavy atom. The molecule has 1 unspecified atom stereocenters. The monoisotopic (exact) mass is 335 g/mol. The summed E-state index contributed by atoms with van der Waals surface area (Å²) in [4.78, 5) is 11.3. The largest absolute Gasteiger partial charge is 0.484 e. The zero-order valence-corrected chi connectivity index (χ0v) is 11.1. The van der Waals surface area contributed by atoms with Gasteiger partial charge in [0.25, 0.3) is 5.91 Å². The molecule has 1 atom stereocenters. The van der Waals surface area contributed by atoms with Crippen LogP contribution in [0.1, 0.15) is 6.92 Å². The van der Waals surface area contributed by atoms with Gasteiger partial charge in [-0.15, -0.1) is 0 Å². The van der Waals surface area contributed by atoms with Gasteiger partial charge in [0.15, 0.2) is 6.61 Å². The van der Waals surface area contributed by atoms with E-state index in [-0.39, 0.29) is 25.2 Å². The number of amides is 1. The minimum absolute atomic E-state index is 0.0368. The highest BCUT2D eigenvalue weighted by Gasteiger charge is 2.06. The van der Waals surface area contributed by atoms with Crippen LogP contribution in [-0.2, 0) is 4.79 Å². The SMILES string of the molecule is CC(CO)NC(=O)COc1ccc(I)cc1. The second kappa shape index (κ2) is 6.70. The Morgan fingerprint density at radius 2 is 2.12 bits per heavy atom. The molecule has 1 aromatic rings. The van der Waals surface area contributed by atoms with Crippen molar-refractivity contribution in [1.82, 2.24) is 5.32 Å². The molecular formula is C11H14INO3. The summed E-state index contributed by atoms with van der Waals surface area (Å²) >= 11 is 2.20. The number of nitrogens with one attached hydrogen (secondary N) is 1. The number of hydrogen-bond acceptors (Lipinski definition) is 3. The Bertz CT molecular complexity index is 340. The summed E-state index contributed by atoms with van der Waals surface area (Å²) in [5.74, 6) is 0.423. The van der Waals surface area contributed by atoms with Crippen LogP contribution in [0.15, 0.2) is 24.3 Å². The van der Waals surface area contributed by atoms with Gasteiger partial charge >= 0.3 is 0 Å². The molecule has 88 valence electrons. The molecule has 0 aromatic heterocycles. The first-order chi connectivity index (χ1) is 7.61. The molecule has 1 aromatic carbocycles. The molecule has 2 N–H and O–H groups in total. The highest BCUT2D eigenvalue weighted by Crippen LogP contribution is 2.13. The molecule has 0 saturated heterocycles. The van der Waals surface area contributed by atoms with Crippen LogP contribution in [0.25, 0.3) is 0 Å². The first-order valence-corrected chi connectivity index (χ1v) is 5.98. The molecular weight excluding hydrogens is 321 g/mol. The molecule has 16 heavy (non-hydrogen) atoms. The second-order valence-corrected chi connectivity index (χ2v) is 4.64. The van der Waals surface area contributed by atoms with Crippen LogP contribution in [0.4, 0.5) is 0 Å². The van der Waals surface area contributed by atoms with E-state index in [9.17, 15) is 4.79 Å². The number of rotatable bonds is 5. The van der Waals surface area contributed by atoms with Crippen molar-refractivity contribution in [3.63, 3.8) is 0 Å². The highest BCUT2D eigenvalue weighted by molar-refractivity contribution is 14.1. The van der Waals surface area contributed by atoms with Gasteiger partial charge in [-0.3, -0.25) is 4.79 Å². The lowest BCUT2D eigenvalue weighted by Crippen LogP contribution is -2.38. The predicted molar refractivity (Wildman–Crippen MR) is 69.3 cm³/mol. The summed E-state index contributed by atoms with van der Waals surface area (Å²) < 4.78 is 6.39. The maximum absolute atomic E-state index is 11.3. The zero-order chi connectivity index (χ0) is 12.0. The molecule has 0 radical (unpaired) electrons. The van der Waals surface area contributed by atoms with Crippen molar-refractivity contribution >= 4 is 28.5 Å². The minimum Gasteiger partial charge on any atom is -0.484 e. The van der Waals surface area contributed by atoms with E-state index in [4.69, 9.17) is 9.84 Å². The fourth-order valence-electron chi connectivity index (χ4n) is 1.04. The molecule has 1 rings (SSSR count). The third-order valence-corrected chi connectivity index (χ3v) is 2.58. The summed E-state index contributed by atoms with van der Waals surface area (Å²) in [5, 5.41) is 11.3. The zero-order valence-electron chi connectivity index (χ0n) is 8.94. The Balaban J connectivity index is 2.34. The number of aliphatic hydroxyl groups excluding tert-OH is 1. The Hall–Kier alpha value is -0.820. The molecule has 1 amide bonds. The van der Waals surface area contributed by atoms with E-state index >= 15 is 0 Å². The quantitative estimate of drug-likeness (QED) is 0.795. The topological polar surface area (TPSA) is 58.6 Å². The molecule has 0 aliphatic heterocycles. The lowest BCUT2D eigenvalue weighted by molar-refractivity contribution is -0.123. The maximum atomic E-state index is 11.3. The van der Waals surface area contributed by atoms with Crippen molar-refractivity contribution in [2.45, 2.75) is 13.0 Å². The number of carbonyl (C=O) groups is 1. The maximum Gasteiger partial charge on any atom is 0.258 e. The molecule has 0 saturated carbocycles. The van der Waals surface area contributed by atoms with Crippen LogP contribution in [-0.4, -0.2) is 30.3 Å². The van der Waals surface area contributed by atoms with Crippen molar-refractivity contribution < 1.29 is 14.6 Å². The lowest BCUT2D eigenvalue weighted by Gasteiger charge is -2.11. The van der Waals surface area contributed by atoms with Crippen LogP contribution < -0.4 is 10.1 Å². The normalized spacial score (nSPS) is 11.9. The van der Waals surface area contributed by atoms with E-state index in [0.29, 0.717) is 5.75 Å². The van der Waals surface area contributed by atoms with Gasteiger partial charge in [0, 0.05) is 9.61 Å². The summed E-state index contributed by atoms with van der Waals surface area (Å²) in [7, 11) is 0. The molecule has 0 aliphatic carbocycles. The molecule has 5 heteroatoms. The van der Waals surface area contributed by atoms with Crippen molar-refractivity contribution in [3.8, 4) is 5.75 Å². The van der Waals surface area contributed by atoms with Gasteiger partial charge in [-0.25, -0.2) is 0 Å². The van der Waals surface area contributed by atoms with Crippen molar-refractivity contribution in [2.24, 2.45) is 0 Å². The second-order valence-electron chi connectivity index (χ2n) is 3.39. The van der Waals surface area contributed by atoms with Gasteiger partial charge in [0.2, 0.25) is 0 Å². The first kappa shape index (κ1) is 13.2. The van der Waals surface area contributed by atoms with E-state index < -0.39 is 0 Å². The van der Waals surface area contributed by atoms with Gasteiger partial charge < -0.3 is 15.2 Å². The minimum atomic E-state index is -0.243. The van der Waals surface area contributed by atoms with Crippen LogP contribution in [0, 0.1) is 3.57 Å². The fraction of sp³-hybridized carbons (Fsp3) is 0.364. The van der Waals surface area contributed by atoms with E-state index in [2.05, 4.69) is 27.9 Å². The number of carbonyl (C=O) groups excluding carboxylic acids is 1. The molecule has 0 fully saturated rings. The molecule has 0 aliphatic rings. The highest BCUT2D eigenvalue weighted by atomic mass is 127. The van der Waals surface area contributed by atoms with E-state index in [1.165, 1.54) is 0 Å². The lowest BCUT2D eigenvalue weighted by atomic mass is 10.3. The summed E-state index contributed by atoms with van der Waals surface area (Å²) in [6.45, 7) is 1.61. The van der Waals surface area contributed by atoms with Crippen LogP contribution in [0.2, 0.25) is 0 Å². The van der Waals surface area contributed by atoms with Gasteiger partial charge in [-0.2, -0.15) is 0 Å². The molecule has 0 heterocycles. The third-order valence-electron chi connectivity index (χ3n) is 1.86. The van der Waals surface area contributed by atoms with Crippen LogP contribution in [0.3, 0.4) is 0 Å². The van der Waals surface area contributed by atoms with Crippen molar-refractivity contribution in [1.29, 1.82) is 0 Å². The predicted octanol–water partition coefficient (Wildman–Crippen LogP) is 1.17. The van der Waals surface area contributed by atoms with Crippen molar-refractivity contribution in [2.75, 3.05) is 13.2 Å².